The van der Waals surface area contributed by atoms with Crippen LogP contribution in [0.15, 0.2) is 60.7 Å². The van der Waals surface area contributed by atoms with E-state index in [1.165, 1.54) is 4.90 Å². The fraction of sp³-hybridized carbons (Fsp3) is 0.318. The molecule has 27 heavy (non-hydrogen) atoms. The van der Waals surface area contributed by atoms with E-state index in [2.05, 4.69) is 0 Å². The molecule has 2 atom stereocenters. The molecule has 1 saturated heterocycles. The number of quaternary nitrogens is 1. The summed E-state index contributed by atoms with van der Waals surface area (Å²) in [6, 6.07) is 17.6. The fourth-order valence-corrected chi connectivity index (χ4v) is 3.63. The monoisotopic (exact) mass is 365 g/mol. The first-order chi connectivity index (χ1) is 13.0. The molecule has 2 unspecified atom stereocenters. The van der Waals surface area contributed by atoms with Crippen LogP contribution in [-0.2, 0) is 9.59 Å². The maximum atomic E-state index is 13.1. The van der Waals surface area contributed by atoms with Crippen molar-refractivity contribution in [1.29, 1.82) is 0 Å². The van der Waals surface area contributed by atoms with E-state index >= 15 is 0 Å². The van der Waals surface area contributed by atoms with Crippen LogP contribution in [0, 0.1) is 5.92 Å². The second-order valence-corrected chi connectivity index (χ2v) is 7.24. The van der Waals surface area contributed by atoms with E-state index in [0.29, 0.717) is 12.1 Å². The zero-order valence-electron chi connectivity index (χ0n) is 15.7. The van der Waals surface area contributed by atoms with E-state index < -0.39 is 23.7 Å². The predicted molar refractivity (Wildman–Crippen MR) is 102 cm³/mol. The molecule has 5 nitrogen and oxygen atoms in total. The molecule has 0 bridgehead atoms. The number of hydrogen-bond donors (Lipinski definition) is 1. The third-order valence-corrected chi connectivity index (χ3v) is 4.96. The zero-order valence-corrected chi connectivity index (χ0v) is 15.7. The first-order valence-corrected chi connectivity index (χ1v) is 9.28. The highest BCUT2D eigenvalue weighted by molar-refractivity contribution is 6.44. The molecule has 2 aromatic rings. The zero-order chi connectivity index (χ0) is 19.4. The van der Waals surface area contributed by atoms with Gasteiger partial charge in [0, 0.05) is 18.5 Å². The number of likely N-dealkylation sites (tertiary alicyclic amines) is 1. The molecule has 0 radical (unpaired) electrons. The highest BCUT2D eigenvalue weighted by Crippen LogP contribution is 2.38. The third-order valence-electron chi connectivity index (χ3n) is 4.96. The molecular formula is C22H25N2O3+. The number of ketones is 2. The Morgan fingerprint density at radius 1 is 0.963 bits per heavy atom. The molecule has 3 rings (SSSR count). The fourth-order valence-electron chi connectivity index (χ4n) is 3.63. The summed E-state index contributed by atoms with van der Waals surface area (Å²) in [5, 5.41) is 0. The predicted octanol–water partition coefficient (Wildman–Crippen LogP) is 1.17. The lowest BCUT2D eigenvalue weighted by Gasteiger charge is -2.27. The Morgan fingerprint density at radius 2 is 1.56 bits per heavy atom. The average Bonchev–Trinajstić information content (AvgIpc) is 2.93. The minimum Gasteiger partial charge on any atom is -0.340 e. The van der Waals surface area contributed by atoms with Crippen LogP contribution in [0.3, 0.4) is 0 Å². The van der Waals surface area contributed by atoms with Gasteiger partial charge in [0.15, 0.2) is 5.78 Å². The van der Waals surface area contributed by atoms with Gasteiger partial charge in [0.25, 0.3) is 5.91 Å². The van der Waals surface area contributed by atoms with Crippen LogP contribution in [0.4, 0.5) is 0 Å². The molecule has 0 aliphatic carbocycles. The van der Waals surface area contributed by atoms with Crippen molar-refractivity contribution in [2.45, 2.75) is 12.5 Å². The van der Waals surface area contributed by atoms with Crippen molar-refractivity contribution >= 4 is 17.5 Å². The normalized spacial score (nSPS) is 19.7. The van der Waals surface area contributed by atoms with Crippen LogP contribution in [0.25, 0.3) is 0 Å². The number of amides is 1. The van der Waals surface area contributed by atoms with Crippen molar-refractivity contribution < 1.29 is 19.3 Å². The second-order valence-electron chi connectivity index (χ2n) is 7.24. The van der Waals surface area contributed by atoms with Crippen LogP contribution in [0.1, 0.15) is 28.4 Å². The summed E-state index contributed by atoms with van der Waals surface area (Å²) in [5.41, 5.74) is 1.28. The van der Waals surface area contributed by atoms with Crippen molar-refractivity contribution in [2.75, 3.05) is 27.2 Å². The number of hydrogen-bond acceptors (Lipinski definition) is 3. The van der Waals surface area contributed by atoms with Crippen molar-refractivity contribution in [3.05, 3.63) is 71.8 Å². The Labute approximate surface area is 159 Å². The lowest BCUT2D eigenvalue weighted by molar-refractivity contribution is -0.858. The molecular weight excluding hydrogens is 340 g/mol. The number of rotatable bonds is 7. The molecule has 0 spiro atoms. The quantitative estimate of drug-likeness (QED) is 0.455. The van der Waals surface area contributed by atoms with E-state index in [-0.39, 0.29) is 5.78 Å². The van der Waals surface area contributed by atoms with E-state index in [9.17, 15) is 14.4 Å². The van der Waals surface area contributed by atoms with Crippen molar-refractivity contribution in [3.63, 3.8) is 0 Å². The van der Waals surface area contributed by atoms with E-state index in [1.54, 1.807) is 29.2 Å². The van der Waals surface area contributed by atoms with E-state index in [1.807, 2.05) is 50.5 Å². The Balaban J connectivity index is 1.96. The number of carbonyl (C=O) groups is 3. The molecule has 2 aromatic carbocycles. The Kier molecular flexibility index (Phi) is 5.81. The first-order valence-electron chi connectivity index (χ1n) is 9.28. The van der Waals surface area contributed by atoms with Gasteiger partial charge in [-0.2, -0.15) is 0 Å². The Hall–Kier alpha value is -2.79. The average molecular weight is 365 g/mol. The summed E-state index contributed by atoms with van der Waals surface area (Å²) in [6.45, 7) is 1.35. The van der Waals surface area contributed by atoms with Crippen LogP contribution in [0.2, 0.25) is 0 Å². The molecule has 1 aliphatic rings. The van der Waals surface area contributed by atoms with Gasteiger partial charge in [-0.1, -0.05) is 60.7 Å². The summed E-state index contributed by atoms with van der Waals surface area (Å²) >= 11 is 0. The van der Waals surface area contributed by atoms with Crippen molar-refractivity contribution in [2.24, 2.45) is 5.92 Å². The summed E-state index contributed by atoms with van der Waals surface area (Å²) in [6.07, 6.45) is 0.775. The Bertz CT molecular complexity index is 818. The number of Topliss-reactive ketones (excluding diaryl/α,β-unsaturated/α-hetero) is 2. The lowest BCUT2D eigenvalue weighted by atomic mass is 9.86. The number of carbonyl (C=O) groups excluding carboxylic acids is 3. The third kappa shape index (κ3) is 3.98. The summed E-state index contributed by atoms with van der Waals surface area (Å²) in [4.78, 5) is 41.5. The molecule has 5 heteroatoms. The molecule has 1 aliphatic heterocycles. The van der Waals surface area contributed by atoms with E-state index in [0.717, 1.165) is 18.5 Å². The second kappa shape index (κ2) is 8.27. The van der Waals surface area contributed by atoms with Crippen LogP contribution in [-0.4, -0.2) is 49.6 Å². The van der Waals surface area contributed by atoms with Gasteiger partial charge in [-0.3, -0.25) is 14.4 Å². The maximum Gasteiger partial charge on any atom is 0.291 e. The first kappa shape index (κ1) is 19.0. The summed E-state index contributed by atoms with van der Waals surface area (Å²) < 4.78 is 0. The minimum absolute atomic E-state index is 0.288. The minimum atomic E-state index is -0.992. The van der Waals surface area contributed by atoms with Crippen molar-refractivity contribution in [1.82, 2.24) is 4.90 Å². The van der Waals surface area contributed by atoms with Gasteiger partial charge in [-0.15, -0.1) is 0 Å². The lowest BCUT2D eigenvalue weighted by Crippen LogP contribution is -3.05. The molecule has 1 amide bonds. The van der Waals surface area contributed by atoms with Crippen LogP contribution in [0.5, 0.6) is 0 Å². The topological polar surface area (TPSA) is 58.9 Å². The van der Waals surface area contributed by atoms with Gasteiger partial charge in [0.2, 0.25) is 5.78 Å². The van der Waals surface area contributed by atoms with Gasteiger partial charge in [-0.25, -0.2) is 0 Å². The smallest absolute Gasteiger partial charge is 0.291 e. The van der Waals surface area contributed by atoms with E-state index in [4.69, 9.17) is 0 Å². The van der Waals surface area contributed by atoms with Crippen molar-refractivity contribution in [3.8, 4) is 0 Å². The molecule has 1 heterocycles. The maximum absolute atomic E-state index is 13.1. The van der Waals surface area contributed by atoms with Gasteiger partial charge < -0.3 is 9.80 Å². The van der Waals surface area contributed by atoms with Crippen LogP contribution >= 0.6 is 0 Å². The summed E-state index contributed by atoms with van der Waals surface area (Å²) in [7, 11) is 4.10. The van der Waals surface area contributed by atoms with Crippen LogP contribution < -0.4 is 4.90 Å². The highest BCUT2D eigenvalue weighted by atomic mass is 16.2. The largest absolute Gasteiger partial charge is 0.340 e. The molecule has 1 fully saturated rings. The van der Waals surface area contributed by atoms with Gasteiger partial charge >= 0.3 is 0 Å². The molecule has 1 N–H and O–H groups in total. The van der Waals surface area contributed by atoms with Gasteiger partial charge in [0.1, 0.15) is 5.92 Å². The highest BCUT2D eigenvalue weighted by Gasteiger charge is 2.51. The molecule has 140 valence electrons. The molecule has 0 aromatic heterocycles. The number of nitrogens with zero attached hydrogens (tertiary/aromatic N) is 1. The van der Waals surface area contributed by atoms with Gasteiger partial charge in [0.05, 0.1) is 26.7 Å². The molecule has 0 saturated carbocycles. The Morgan fingerprint density at radius 3 is 2.15 bits per heavy atom. The number of benzene rings is 2. The van der Waals surface area contributed by atoms with Gasteiger partial charge in [-0.05, 0) is 5.56 Å². The standard InChI is InChI=1S/C22H24N2O3/c1-23(2)14-9-15-24-19(16-10-5-3-6-11-16)18(21(26)22(24)27)20(25)17-12-7-4-8-13-17/h3-8,10-13,18-19H,9,14-15H2,1-2H3/p+1. The SMILES string of the molecule is C[NH+](C)CCCN1C(=O)C(=O)C(C(=O)c2ccccc2)C1c1ccccc1. The summed E-state index contributed by atoms with van der Waals surface area (Å²) in [5.74, 6) is -2.43. The number of nitrogens with one attached hydrogen (secondary N) is 1.